The molecule has 0 N–H and O–H groups in total. The van der Waals surface area contributed by atoms with Gasteiger partial charge in [0.2, 0.25) is 0 Å². The Bertz CT molecular complexity index is 1090. The number of ether oxygens (including phenoxy) is 2. The number of hydrogen-bond acceptors (Lipinski definition) is 3. The molecule has 32 heavy (non-hydrogen) atoms. The summed E-state index contributed by atoms with van der Waals surface area (Å²) in [6.45, 7) is 5.09. The van der Waals surface area contributed by atoms with Crippen LogP contribution >= 0.6 is 0 Å². The van der Waals surface area contributed by atoms with Crippen LogP contribution in [0.4, 0.5) is 4.39 Å². The van der Waals surface area contributed by atoms with Gasteiger partial charge >= 0.3 is 0 Å². The minimum Gasteiger partial charge on any atom is -0.492 e. The highest BCUT2D eigenvalue weighted by atomic mass is 19.1. The van der Waals surface area contributed by atoms with E-state index in [0.717, 1.165) is 42.3 Å². The topological polar surface area (TPSA) is 21.7 Å². The van der Waals surface area contributed by atoms with Crippen molar-refractivity contribution in [2.75, 3.05) is 32.9 Å². The van der Waals surface area contributed by atoms with E-state index in [9.17, 15) is 4.39 Å². The first kappa shape index (κ1) is 20.8. The number of alkyl halides is 1. The summed E-state index contributed by atoms with van der Waals surface area (Å²) in [5.41, 5.74) is 5.84. The molecule has 0 spiro atoms. The van der Waals surface area contributed by atoms with Gasteiger partial charge in [-0.05, 0) is 41.8 Å². The van der Waals surface area contributed by atoms with E-state index < -0.39 is 0 Å². The maximum atomic E-state index is 12.6. The Morgan fingerprint density at radius 2 is 1.66 bits per heavy atom. The number of fused-ring (bicyclic) bond motifs is 1. The van der Waals surface area contributed by atoms with Crippen LogP contribution in [-0.2, 0) is 0 Å². The van der Waals surface area contributed by atoms with Crippen LogP contribution in [0.3, 0.4) is 0 Å². The van der Waals surface area contributed by atoms with Crippen molar-refractivity contribution in [3.05, 3.63) is 95.6 Å². The van der Waals surface area contributed by atoms with Crippen molar-refractivity contribution in [2.45, 2.75) is 13.0 Å². The van der Waals surface area contributed by atoms with Gasteiger partial charge in [-0.1, -0.05) is 60.7 Å². The number of benzene rings is 3. The molecule has 2 heterocycles. The van der Waals surface area contributed by atoms with Crippen molar-refractivity contribution < 1.29 is 13.9 Å². The Hall–Kier alpha value is -3.11. The first-order valence-electron chi connectivity index (χ1n) is 11.3. The largest absolute Gasteiger partial charge is 0.492 e. The minimum atomic E-state index is -0.217. The fourth-order valence-electron chi connectivity index (χ4n) is 4.62. The first-order valence-corrected chi connectivity index (χ1v) is 11.3. The SMILES string of the molecule is CC1=C(c2ccccc2)[C@@H](c2ccc(OCCN3CC(CF)C3)cc2)Oc2ccccc21. The molecule has 1 fully saturated rings. The molecule has 0 amide bonds. The van der Waals surface area contributed by atoms with Crippen molar-refractivity contribution in [3.63, 3.8) is 0 Å². The molecular formula is C28H28FNO2. The van der Waals surface area contributed by atoms with Crippen LogP contribution in [0.15, 0.2) is 78.9 Å². The van der Waals surface area contributed by atoms with Crippen molar-refractivity contribution in [1.29, 1.82) is 0 Å². The second-order valence-electron chi connectivity index (χ2n) is 8.60. The molecule has 4 heteroatoms. The third-order valence-corrected chi connectivity index (χ3v) is 6.40. The van der Waals surface area contributed by atoms with Crippen molar-refractivity contribution >= 4 is 11.1 Å². The molecule has 2 aliphatic rings. The molecule has 0 radical (unpaired) electrons. The second-order valence-corrected chi connectivity index (χ2v) is 8.60. The van der Waals surface area contributed by atoms with Gasteiger partial charge in [-0.15, -0.1) is 0 Å². The highest BCUT2D eigenvalue weighted by Gasteiger charge is 2.29. The van der Waals surface area contributed by atoms with E-state index in [1.807, 2.05) is 30.3 Å². The maximum Gasteiger partial charge on any atom is 0.150 e. The summed E-state index contributed by atoms with van der Waals surface area (Å²) in [5, 5.41) is 0. The summed E-state index contributed by atoms with van der Waals surface area (Å²) in [6.07, 6.45) is -0.180. The predicted molar refractivity (Wildman–Crippen MR) is 127 cm³/mol. The first-order chi connectivity index (χ1) is 15.7. The number of nitrogens with zero attached hydrogens (tertiary/aromatic N) is 1. The minimum absolute atomic E-state index is 0.180. The van der Waals surface area contributed by atoms with Crippen molar-refractivity contribution in [2.24, 2.45) is 5.92 Å². The van der Waals surface area contributed by atoms with Crippen LogP contribution in [0, 0.1) is 5.92 Å². The number of halogens is 1. The molecule has 3 nitrogen and oxygen atoms in total. The van der Waals surface area contributed by atoms with Gasteiger partial charge in [0, 0.05) is 36.7 Å². The zero-order valence-electron chi connectivity index (χ0n) is 18.3. The summed E-state index contributed by atoms with van der Waals surface area (Å²) in [5.74, 6) is 1.97. The molecule has 2 aliphatic heterocycles. The standard InChI is InChI=1S/C28H28FNO2/c1-20-25-9-5-6-10-26(25)32-28(27(20)22-7-3-2-4-8-22)23-11-13-24(14-12-23)31-16-15-30-18-21(17-29)19-30/h2-14,21,28H,15-19H2,1H3/t28-/m1/s1. The monoisotopic (exact) mass is 429 g/mol. The van der Waals surface area contributed by atoms with Crippen LogP contribution in [-0.4, -0.2) is 37.8 Å². The number of allylic oxidation sites excluding steroid dienone is 1. The van der Waals surface area contributed by atoms with E-state index in [1.54, 1.807) is 0 Å². The second kappa shape index (κ2) is 9.17. The van der Waals surface area contributed by atoms with Crippen molar-refractivity contribution in [1.82, 2.24) is 4.90 Å². The molecule has 3 aromatic rings. The molecule has 1 saturated heterocycles. The molecular weight excluding hydrogens is 401 g/mol. The normalized spacial score (nSPS) is 18.6. The Morgan fingerprint density at radius 3 is 2.41 bits per heavy atom. The van der Waals surface area contributed by atoms with Crippen LogP contribution < -0.4 is 9.47 Å². The molecule has 164 valence electrons. The van der Waals surface area contributed by atoms with Crippen LogP contribution in [0.25, 0.3) is 11.1 Å². The third-order valence-electron chi connectivity index (χ3n) is 6.40. The number of hydrogen-bond donors (Lipinski definition) is 0. The van der Waals surface area contributed by atoms with Crippen molar-refractivity contribution in [3.8, 4) is 11.5 Å². The van der Waals surface area contributed by atoms with E-state index in [0.29, 0.717) is 6.61 Å². The summed E-state index contributed by atoms with van der Waals surface area (Å²) in [6, 6.07) is 26.9. The average molecular weight is 430 g/mol. The summed E-state index contributed by atoms with van der Waals surface area (Å²) >= 11 is 0. The van der Waals surface area contributed by atoms with Crippen LogP contribution in [0.1, 0.15) is 29.7 Å². The Balaban J connectivity index is 1.34. The van der Waals surface area contributed by atoms with Gasteiger partial charge in [0.05, 0.1) is 6.67 Å². The quantitative estimate of drug-likeness (QED) is 0.458. The Labute approximate surface area is 189 Å². The zero-order valence-corrected chi connectivity index (χ0v) is 18.3. The molecule has 3 aromatic carbocycles. The van der Waals surface area contributed by atoms with Gasteiger partial charge in [-0.25, -0.2) is 0 Å². The van der Waals surface area contributed by atoms with Gasteiger partial charge in [0.25, 0.3) is 0 Å². The number of para-hydroxylation sites is 1. The lowest BCUT2D eigenvalue weighted by atomic mass is 9.86. The lowest BCUT2D eigenvalue weighted by Crippen LogP contribution is -2.49. The molecule has 0 unspecified atom stereocenters. The fraction of sp³-hybridized carbons (Fsp3) is 0.286. The third kappa shape index (κ3) is 4.15. The van der Waals surface area contributed by atoms with E-state index in [2.05, 4.69) is 60.4 Å². The average Bonchev–Trinajstić information content (AvgIpc) is 2.81. The highest BCUT2D eigenvalue weighted by Crippen LogP contribution is 2.46. The smallest absolute Gasteiger partial charge is 0.150 e. The van der Waals surface area contributed by atoms with E-state index in [1.165, 1.54) is 16.7 Å². The predicted octanol–water partition coefficient (Wildman–Crippen LogP) is 6.03. The molecule has 0 aliphatic carbocycles. The summed E-state index contributed by atoms with van der Waals surface area (Å²) in [7, 11) is 0. The zero-order chi connectivity index (χ0) is 21.9. The lowest BCUT2D eigenvalue weighted by molar-refractivity contribution is 0.0668. The summed E-state index contributed by atoms with van der Waals surface area (Å²) < 4.78 is 25.0. The summed E-state index contributed by atoms with van der Waals surface area (Å²) in [4.78, 5) is 2.23. The number of likely N-dealkylation sites (tertiary alicyclic amines) is 1. The fourth-order valence-corrected chi connectivity index (χ4v) is 4.62. The molecule has 5 rings (SSSR count). The van der Waals surface area contributed by atoms with Gasteiger partial charge in [0.1, 0.15) is 24.2 Å². The molecule has 0 saturated carbocycles. The van der Waals surface area contributed by atoms with E-state index in [-0.39, 0.29) is 18.7 Å². The van der Waals surface area contributed by atoms with E-state index in [4.69, 9.17) is 9.47 Å². The Kier molecular flexibility index (Phi) is 5.95. The molecule has 1 atom stereocenters. The highest BCUT2D eigenvalue weighted by molar-refractivity contribution is 5.95. The van der Waals surface area contributed by atoms with Gasteiger partial charge < -0.3 is 9.47 Å². The van der Waals surface area contributed by atoms with E-state index >= 15 is 0 Å². The van der Waals surface area contributed by atoms with Gasteiger partial charge in [0.15, 0.2) is 0 Å². The lowest BCUT2D eigenvalue weighted by Gasteiger charge is -2.37. The maximum absolute atomic E-state index is 12.6. The van der Waals surface area contributed by atoms with Gasteiger partial charge in [-0.2, -0.15) is 0 Å². The number of rotatable bonds is 7. The van der Waals surface area contributed by atoms with Crippen LogP contribution in [0.2, 0.25) is 0 Å². The van der Waals surface area contributed by atoms with Crippen LogP contribution in [0.5, 0.6) is 11.5 Å². The Morgan fingerprint density at radius 1 is 0.938 bits per heavy atom. The van der Waals surface area contributed by atoms with Gasteiger partial charge in [-0.3, -0.25) is 9.29 Å². The molecule has 0 aromatic heterocycles. The molecule has 0 bridgehead atoms.